The summed E-state index contributed by atoms with van der Waals surface area (Å²) in [5, 5.41) is 15.4. The first-order valence-electron chi connectivity index (χ1n) is 24.9. The van der Waals surface area contributed by atoms with Crippen LogP contribution in [0.4, 0.5) is 0 Å². The molecule has 0 saturated carbocycles. The first kappa shape index (κ1) is 44.0. The van der Waals surface area contributed by atoms with Crippen molar-refractivity contribution in [2.45, 2.75) is 0 Å². The summed E-state index contributed by atoms with van der Waals surface area (Å²) >= 11 is 0. The van der Waals surface area contributed by atoms with Crippen LogP contribution in [0.15, 0.2) is 243 Å². The Morgan fingerprint density at radius 3 is 1.05 bits per heavy atom. The maximum atomic E-state index is 11.4. The largest absolute Gasteiger partial charge is 0.309 e. The highest BCUT2D eigenvalue weighted by atomic mass is 15.1. The van der Waals surface area contributed by atoms with Crippen molar-refractivity contribution in [3.05, 3.63) is 248 Å². The third-order valence-corrected chi connectivity index (χ3v) is 14.0. The van der Waals surface area contributed by atoms with Crippen LogP contribution in [-0.4, -0.2) is 44.0 Å². The number of hydrogen-bond donors (Lipinski definition) is 0. The van der Waals surface area contributed by atoms with Gasteiger partial charge in [0, 0.05) is 72.9 Å². The Hall–Kier alpha value is -10.8. The molecule has 0 aliphatic heterocycles. The minimum atomic E-state index is 0.506. The van der Waals surface area contributed by atoms with Crippen LogP contribution in [0.1, 0.15) is 5.56 Å². The fourth-order valence-electron chi connectivity index (χ4n) is 10.4. The Balaban J connectivity index is 0.952. The van der Waals surface area contributed by atoms with Crippen molar-refractivity contribution in [1.29, 1.82) is 5.26 Å². The number of pyridine rings is 1. The summed E-state index contributed by atoms with van der Waals surface area (Å²) < 4.78 is 4.48. The Morgan fingerprint density at radius 2 is 0.645 bits per heavy atom. The molecule has 5 aromatic heterocycles. The highest BCUT2D eigenvalue weighted by Gasteiger charge is 2.24. The second kappa shape index (κ2) is 18.4. The lowest BCUT2D eigenvalue weighted by Gasteiger charge is -2.19. The summed E-state index contributed by atoms with van der Waals surface area (Å²) in [6, 6.07) is 80.4. The van der Waals surface area contributed by atoms with Gasteiger partial charge in [-0.2, -0.15) is 5.26 Å². The van der Waals surface area contributed by atoms with Gasteiger partial charge in [-0.05, 0) is 78.4 Å². The van der Waals surface area contributed by atoms with Gasteiger partial charge in [0.1, 0.15) is 6.07 Å². The molecule has 0 radical (unpaired) electrons. The lowest BCUT2D eigenvalue weighted by molar-refractivity contribution is 1.07. The van der Waals surface area contributed by atoms with E-state index < -0.39 is 0 Å². The number of para-hydroxylation sites is 2. The molecule has 0 atom stereocenters. The van der Waals surface area contributed by atoms with Crippen molar-refractivity contribution < 1.29 is 0 Å². The zero-order valence-electron chi connectivity index (χ0n) is 40.6. The van der Waals surface area contributed by atoms with Crippen molar-refractivity contribution in [2.24, 2.45) is 0 Å². The van der Waals surface area contributed by atoms with Gasteiger partial charge in [0.05, 0.1) is 39.0 Å². The van der Waals surface area contributed by atoms with Crippen molar-refractivity contribution in [3.8, 4) is 96.9 Å². The number of hydrogen-bond acceptors (Lipinski definition) is 8. The van der Waals surface area contributed by atoms with E-state index in [4.69, 9.17) is 29.9 Å². The molecule has 76 heavy (non-hydrogen) atoms. The van der Waals surface area contributed by atoms with Gasteiger partial charge < -0.3 is 9.13 Å². The zero-order chi connectivity index (χ0) is 50.5. The summed E-state index contributed by atoms with van der Waals surface area (Å²) in [6.07, 6.45) is 3.62. The molecule has 0 amide bonds. The van der Waals surface area contributed by atoms with Gasteiger partial charge in [-0.25, -0.2) is 29.9 Å². The molecule has 10 heteroatoms. The fraction of sp³-hybridized carbons (Fsp3) is 0. The fourth-order valence-corrected chi connectivity index (χ4v) is 10.4. The van der Waals surface area contributed by atoms with Gasteiger partial charge in [0.25, 0.3) is 0 Å². The Labute approximate surface area is 436 Å². The van der Waals surface area contributed by atoms with Crippen LogP contribution in [0, 0.1) is 11.3 Å². The smallest absolute Gasteiger partial charge is 0.164 e. The highest BCUT2D eigenvalue weighted by Crippen LogP contribution is 2.42. The third-order valence-electron chi connectivity index (χ3n) is 14.0. The van der Waals surface area contributed by atoms with Crippen LogP contribution in [0.5, 0.6) is 0 Å². The topological polar surface area (TPSA) is 124 Å². The van der Waals surface area contributed by atoms with E-state index in [-0.39, 0.29) is 0 Å². The molecule has 0 bridgehead atoms. The van der Waals surface area contributed by atoms with Crippen molar-refractivity contribution >= 4 is 43.6 Å². The average molecular weight is 973 g/mol. The van der Waals surface area contributed by atoms with Crippen LogP contribution < -0.4 is 0 Å². The minimum absolute atomic E-state index is 0.506. The highest BCUT2D eigenvalue weighted by molar-refractivity contribution is 6.12. The quantitative estimate of drug-likeness (QED) is 0.140. The van der Waals surface area contributed by atoms with Crippen molar-refractivity contribution in [1.82, 2.24) is 44.0 Å². The number of nitriles is 1. The summed E-state index contributed by atoms with van der Waals surface area (Å²) in [6.45, 7) is 0. The monoisotopic (exact) mass is 972 g/mol. The first-order valence-corrected chi connectivity index (χ1v) is 24.9. The predicted octanol–water partition coefficient (Wildman–Crippen LogP) is 15.2. The molecule has 10 nitrogen and oxygen atoms in total. The Bertz CT molecular complexity index is 4450. The lowest BCUT2D eigenvalue weighted by atomic mass is 10.00. The molecule has 0 saturated heterocycles. The van der Waals surface area contributed by atoms with Gasteiger partial charge in [0.15, 0.2) is 34.9 Å². The van der Waals surface area contributed by atoms with E-state index in [0.29, 0.717) is 40.5 Å². The van der Waals surface area contributed by atoms with E-state index in [1.165, 1.54) is 0 Å². The summed E-state index contributed by atoms with van der Waals surface area (Å²) in [5.41, 5.74) is 13.1. The molecule has 354 valence electrons. The SMILES string of the molecule is N#Cc1cc(-n2c3ccccc3c3cc(-c4nc(-c5ccccc5)nc(-c5ccccc5)n4)ccc32)c(-c2ccncc2)cc1-n1c2ccccc2c2cc(-c3nc(-c4ccccc4)nc(-c4ccccc4)n3)ccc21. The average Bonchev–Trinajstić information content (AvgIpc) is 4.04. The second-order valence-corrected chi connectivity index (χ2v) is 18.5. The number of nitrogens with zero attached hydrogens (tertiary/aromatic N) is 10. The van der Waals surface area contributed by atoms with Crippen LogP contribution >= 0.6 is 0 Å². The number of rotatable bonds is 9. The molecule has 14 rings (SSSR count). The molecule has 0 aliphatic carbocycles. The van der Waals surface area contributed by atoms with E-state index in [2.05, 4.69) is 105 Å². The van der Waals surface area contributed by atoms with Crippen LogP contribution in [0.2, 0.25) is 0 Å². The number of fused-ring (bicyclic) bond motifs is 6. The van der Waals surface area contributed by atoms with E-state index in [1.807, 2.05) is 158 Å². The van der Waals surface area contributed by atoms with Crippen molar-refractivity contribution in [2.75, 3.05) is 0 Å². The maximum Gasteiger partial charge on any atom is 0.164 e. The van der Waals surface area contributed by atoms with E-state index in [9.17, 15) is 5.26 Å². The van der Waals surface area contributed by atoms with Crippen LogP contribution in [0.3, 0.4) is 0 Å². The standard InChI is InChI=1S/C66H40N10/c67-41-49-39-60(76-56-28-16-14-26-51(56)54-38-48(30-32-58(54)76)66-73-63(45-21-9-3-10-22-45)70-64(74-66)46-23-11-4-12-24-46)52(42-33-35-68-36-34-42)40-59(49)75-55-27-15-13-25-50(55)53-37-47(29-31-57(53)75)65-71-61(43-17-5-1-6-18-43)69-62(72-65)44-19-7-2-8-20-44/h1-40H. The zero-order valence-corrected chi connectivity index (χ0v) is 40.6. The molecule has 0 fully saturated rings. The number of benzene rings is 9. The van der Waals surface area contributed by atoms with E-state index >= 15 is 0 Å². The molecule has 0 spiro atoms. The Kier molecular flexibility index (Phi) is 10.6. The maximum absolute atomic E-state index is 11.4. The van der Waals surface area contributed by atoms with Gasteiger partial charge in [0.2, 0.25) is 0 Å². The molecule has 0 unspecified atom stereocenters. The normalized spacial score (nSPS) is 11.4. The minimum Gasteiger partial charge on any atom is -0.309 e. The van der Waals surface area contributed by atoms with Gasteiger partial charge in [-0.1, -0.05) is 158 Å². The van der Waals surface area contributed by atoms with E-state index in [0.717, 1.165) is 99.5 Å². The molecular formula is C66H40N10. The van der Waals surface area contributed by atoms with Crippen LogP contribution in [0.25, 0.3) is 134 Å². The van der Waals surface area contributed by atoms with Gasteiger partial charge >= 0.3 is 0 Å². The molecule has 9 aromatic carbocycles. The molecular weight excluding hydrogens is 933 g/mol. The summed E-state index contributed by atoms with van der Waals surface area (Å²) in [5.74, 6) is 3.51. The predicted molar refractivity (Wildman–Crippen MR) is 302 cm³/mol. The Morgan fingerprint density at radius 1 is 0.289 bits per heavy atom. The van der Waals surface area contributed by atoms with E-state index in [1.54, 1.807) is 0 Å². The first-order chi connectivity index (χ1) is 37.6. The second-order valence-electron chi connectivity index (χ2n) is 18.5. The van der Waals surface area contributed by atoms with Gasteiger partial charge in [-0.15, -0.1) is 0 Å². The van der Waals surface area contributed by atoms with Gasteiger partial charge in [-0.3, -0.25) is 4.98 Å². The van der Waals surface area contributed by atoms with Crippen LogP contribution in [-0.2, 0) is 0 Å². The molecule has 0 N–H and O–H groups in total. The number of aromatic nitrogens is 9. The molecule has 5 heterocycles. The molecule has 0 aliphatic rings. The molecule has 14 aromatic rings. The summed E-state index contributed by atoms with van der Waals surface area (Å²) in [4.78, 5) is 34.6. The van der Waals surface area contributed by atoms with Crippen molar-refractivity contribution in [3.63, 3.8) is 0 Å². The third kappa shape index (κ3) is 7.63. The lowest BCUT2D eigenvalue weighted by Crippen LogP contribution is -2.04. The summed E-state index contributed by atoms with van der Waals surface area (Å²) in [7, 11) is 0.